The fourth-order valence-electron chi connectivity index (χ4n) is 2.41. The van der Waals surface area contributed by atoms with Crippen LogP contribution in [0.4, 0.5) is 5.69 Å². The number of carbonyl (C=O) groups is 1. The standard InChI is InChI=1S/C14H18Cl2N2O/c1-10-3-2-6-18(8-10)9-14(19)17-11-4-5-12(15)13(16)7-11/h4-5,7,10H,2-3,6,8-9H2,1H3,(H,17,19). The van der Waals surface area contributed by atoms with Crippen LogP contribution in [0.1, 0.15) is 19.8 Å². The molecular formula is C14H18Cl2N2O. The highest BCUT2D eigenvalue weighted by Crippen LogP contribution is 2.25. The lowest BCUT2D eigenvalue weighted by molar-refractivity contribution is -0.117. The molecule has 1 saturated heterocycles. The van der Waals surface area contributed by atoms with E-state index in [2.05, 4.69) is 17.1 Å². The number of anilines is 1. The monoisotopic (exact) mass is 300 g/mol. The first kappa shape index (κ1) is 14.6. The van der Waals surface area contributed by atoms with Gasteiger partial charge < -0.3 is 5.32 Å². The van der Waals surface area contributed by atoms with Crippen LogP contribution >= 0.6 is 23.2 Å². The summed E-state index contributed by atoms with van der Waals surface area (Å²) in [6.07, 6.45) is 2.42. The van der Waals surface area contributed by atoms with Gasteiger partial charge in [0.2, 0.25) is 5.91 Å². The molecule has 5 heteroatoms. The van der Waals surface area contributed by atoms with Crippen molar-refractivity contribution >= 4 is 34.8 Å². The fraction of sp³-hybridized carbons (Fsp3) is 0.500. The van der Waals surface area contributed by atoms with Crippen molar-refractivity contribution in [2.75, 3.05) is 25.0 Å². The van der Waals surface area contributed by atoms with Gasteiger partial charge in [0.25, 0.3) is 0 Å². The minimum Gasteiger partial charge on any atom is -0.325 e. The summed E-state index contributed by atoms with van der Waals surface area (Å²) in [6.45, 7) is 4.65. The summed E-state index contributed by atoms with van der Waals surface area (Å²) in [5.74, 6) is 0.666. The number of piperidine rings is 1. The Bertz CT molecular complexity index is 465. The van der Waals surface area contributed by atoms with E-state index in [0.717, 1.165) is 13.1 Å². The van der Waals surface area contributed by atoms with Gasteiger partial charge in [0.1, 0.15) is 0 Å². The van der Waals surface area contributed by atoms with Gasteiger partial charge in [0, 0.05) is 12.2 Å². The molecule has 0 spiro atoms. The lowest BCUT2D eigenvalue weighted by Crippen LogP contribution is -2.39. The van der Waals surface area contributed by atoms with Crippen LogP contribution in [0.5, 0.6) is 0 Å². The summed E-state index contributed by atoms with van der Waals surface area (Å²) in [5.41, 5.74) is 0.685. The van der Waals surface area contributed by atoms with E-state index in [9.17, 15) is 4.79 Å². The minimum atomic E-state index is -0.00695. The SMILES string of the molecule is CC1CCCN(CC(=O)Nc2ccc(Cl)c(Cl)c2)C1. The Balaban J connectivity index is 1.88. The Morgan fingerprint density at radius 3 is 2.89 bits per heavy atom. The quantitative estimate of drug-likeness (QED) is 0.924. The molecule has 1 aliphatic rings. The molecule has 1 aromatic rings. The Hall–Kier alpha value is -0.770. The summed E-state index contributed by atoms with van der Waals surface area (Å²) in [6, 6.07) is 5.11. The third kappa shape index (κ3) is 4.37. The third-order valence-corrected chi connectivity index (χ3v) is 4.05. The highest BCUT2D eigenvalue weighted by Gasteiger charge is 2.18. The summed E-state index contributed by atoms with van der Waals surface area (Å²) in [4.78, 5) is 14.2. The molecule has 0 aliphatic carbocycles. The number of rotatable bonds is 3. The number of nitrogens with zero attached hydrogens (tertiary/aromatic N) is 1. The molecule has 0 saturated carbocycles. The molecule has 1 fully saturated rings. The highest BCUT2D eigenvalue weighted by molar-refractivity contribution is 6.42. The first-order chi connectivity index (χ1) is 9.04. The molecule has 1 aliphatic heterocycles. The van der Waals surface area contributed by atoms with Crippen LogP contribution in [0, 0.1) is 5.92 Å². The summed E-state index contributed by atoms with van der Waals surface area (Å²) in [7, 11) is 0. The zero-order chi connectivity index (χ0) is 13.8. The van der Waals surface area contributed by atoms with Crippen LogP contribution in [0.15, 0.2) is 18.2 Å². The van der Waals surface area contributed by atoms with E-state index in [4.69, 9.17) is 23.2 Å². The van der Waals surface area contributed by atoms with Gasteiger partial charge in [-0.05, 0) is 43.5 Å². The van der Waals surface area contributed by atoms with Gasteiger partial charge in [-0.2, -0.15) is 0 Å². The first-order valence-electron chi connectivity index (χ1n) is 6.52. The van der Waals surface area contributed by atoms with Crippen LogP contribution < -0.4 is 5.32 Å². The van der Waals surface area contributed by atoms with Crippen molar-refractivity contribution in [2.24, 2.45) is 5.92 Å². The molecule has 1 unspecified atom stereocenters. The Morgan fingerprint density at radius 1 is 1.42 bits per heavy atom. The lowest BCUT2D eigenvalue weighted by Gasteiger charge is -2.30. The maximum Gasteiger partial charge on any atom is 0.238 e. The Morgan fingerprint density at radius 2 is 2.21 bits per heavy atom. The predicted molar refractivity (Wildman–Crippen MR) is 79.9 cm³/mol. The molecule has 0 radical (unpaired) electrons. The zero-order valence-electron chi connectivity index (χ0n) is 11.0. The first-order valence-corrected chi connectivity index (χ1v) is 7.27. The predicted octanol–water partition coefficient (Wildman–Crippen LogP) is 3.66. The normalized spacial score (nSPS) is 20.3. The van der Waals surface area contributed by atoms with Crippen molar-refractivity contribution < 1.29 is 4.79 Å². The van der Waals surface area contributed by atoms with E-state index in [1.807, 2.05) is 0 Å². The lowest BCUT2D eigenvalue weighted by atomic mass is 10.0. The van der Waals surface area contributed by atoms with Crippen molar-refractivity contribution in [1.82, 2.24) is 4.90 Å². The van der Waals surface area contributed by atoms with Gasteiger partial charge in [-0.1, -0.05) is 30.1 Å². The van der Waals surface area contributed by atoms with E-state index in [1.165, 1.54) is 12.8 Å². The van der Waals surface area contributed by atoms with E-state index in [1.54, 1.807) is 18.2 Å². The van der Waals surface area contributed by atoms with Gasteiger partial charge in [0.15, 0.2) is 0 Å². The second-order valence-electron chi connectivity index (χ2n) is 5.16. The highest BCUT2D eigenvalue weighted by atomic mass is 35.5. The van der Waals surface area contributed by atoms with E-state index < -0.39 is 0 Å². The number of hydrogen-bond acceptors (Lipinski definition) is 2. The van der Waals surface area contributed by atoms with E-state index in [0.29, 0.717) is 28.2 Å². The van der Waals surface area contributed by atoms with Gasteiger partial charge in [-0.25, -0.2) is 0 Å². The van der Waals surface area contributed by atoms with Crippen LogP contribution in [-0.2, 0) is 4.79 Å². The molecule has 0 aromatic heterocycles. The minimum absolute atomic E-state index is 0.00695. The molecule has 1 heterocycles. The van der Waals surface area contributed by atoms with Crippen LogP contribution in [0.3, 0.4) is 0 Å². The summed E-state index contributed by atoms with van der Waals surface area (Å²) in [5, 5.41) is 3.79. The Kier molecular flexibility index (Phi) is 5.08. The third-order valence-electron chi connectivity index (χ3n) is 3.31. The molecule has 2 rings (SSSR count). The van der Waals surface area contributed by atoms with Crippen molar-refractivity contribution in [3.8, 4) is 0 Å². The molecule has 0 bridgehead atoms. The van der Waals surface area contributed by atoms with Crippen molar-refractivity contribution in [1.29, 1.82) is 0 Å². The zero-order valence-corrected chi connectivity index (χ0v) is 12.5. The van der Waals surface area contributed by atoms with Crippen molar-refractivity contribution in [3.05, 3.63) is 28.2 Å². The number of carbonyl (C=O) groups excluding carboxylic acids is 1. The Labute approximate surface area is 123 Å². The average Bonchev–Trinajstić information content (AvgIpc) is 2.34. The van der Waals surface area contributed by atoms with Crippen molar-refractivity contribution in [3.63, 3.8) is 0 Å². The average molecular weight is 301 g/mol. The van der Waals surface area contributed by atoms with Gasteiger partial charge in [-0.15, -0.1) is 0 Å². The van der Waals surface area contributed by atoms with Crippen molar-refractivity contribution in [2.45, 2.75) is 19.8 Å². The smallest absolute Gasteiger partial charge is 0.238 e. The molecule has 1 atom stereocenters. The van der Waals surface area contributed by atoms with E-state index in [-0.39, 0.29) is 5.91 Å². The molecule has 19 heavy (non-hydrogen) atoms. The number of likely N-dealkylation sites (tertiary alicyclic amines) is 1. The molecule has 1 aromatic carbocycles. The van der Waals surface area contributed by atoms with Gasteiger partial charge in [0.05, 0.1) is 16.6 Å². The van der Waals surface area contributed by atoms with Crippen LogP contribution in [-0.4, -0.2) is 30.4 Å². The maximum atomic E-state index is 12.0. The maximum absolute atomic E-state index is 12.0. The topological polar surface area (TPSA) is 32.3 Å². The van der Waals surface area contributed by atoms with Gasteiger partial charge >= 0.3 is 0 Å². The number of amides is 1. The molecule has 1 N–H and O–H groups in total. The number of benzene rings is 1. The fourth-order valence-corrected chi connectivity index (χ4v) is 2.71. The molecule has 3 nitrogen and oxygen atoms in total. The molecular weight excluding hydrogens is 283 g/mol. The second-order valence-corrected chi connectivity index (χ2v) is 5.97. The van der Waals surface area contributed by atoms with E-state index >= 15 is 0 Å². The van der Waals surface area contributed by atoms with Gasteiger partial charge in [-0.3, -0.25) is 9.69 Å². The molecule has 104 valence electrons. The summed E-state index contributed by atoms with van der Waals surface area (Å²) >= 11 is 11.8. The largest absolute Gasteiger partial charge is 0.325 e. The molecule has 1 amide bonds. The summed E-state index contributed by atoms with van der Waals surface area (Å²) < 4.78 is 0. The van der Waals surface area contributed by atoms with Crippen LogP contribution in [0.25, 0.3) is 0 Å². The number of nitrogens with one attached hydrogen (secondary N) is 1. The number of hydrogen-bond donors (Lipinski definition) is 1. The second kappa shape index (κ2) is 6.60. The van der Waals surface area contributed by atoms with Crippen LogP contribution in [0.2, 0.25) is 10.0 Å². The number of halogens is 2.